The number of nitrogens with two attached hydrogens (primary N) is 1. The van der Waals surface area contributed by atoms with Gasteiger partial charge in [-0.05, 0) is 31.0 Å². The average Bonchev–Trinajstić information content (AvgIpc) is 2.06. The largest absolute Gasteiger partial charge is 0.478 e. The van der Waals surface area contributed by atoms with Gasteiger partial charge < -0.3 is 5.11 Å². The molecule has 6 heteroatoms. The van der Waals surface area contributed by atoms with Gasteiger partial charge in [0.05, 0.1) is 10.5 Å². The van der Waals surface area contributed by atoms with Crippen LogP contribution in [0.5, 0.6) is 0 Å². The van der Waals surface area contributed by atoms with Gasteiger partial charge in [0.2, 0.25) is 10.0 Å². The van der Waals surface area contributed by atoms with E-state index in [-0.39, 0.29) is 10.5 Å². The summed E-state index contributed by atoms with van der Waals surface area (Å²) in [6.45, 7) is 3.22. The van der Waals surface area contributed by atoms with Crippen molar-refractivity contribution in [1.82, 2.24) is 0 Å². The molecule has 0 radical (unpaired) electrons. The Morgan fingerprint density at radius 2 is 1.87 bits per heavy atom. The van der Waals surface area contributed by atoms with Gasteiger partial charge in [0, 0.05) is 0 Å². The molecule has 0 saturated heterocycles. The summed E-state index contributed by atoms with van der Waals surface area (Å²) < 4.78 is 22.5. The molecule has 0 spiro atoms. The fourth-order valence-corrected chi connectivity index (χ4v) is 2.37. The molecule has 0 fully saturated rings. The number of rotatable bonds is 2. The molecule has 15 heavy (non-hydrogen) atoms. The lowest BCUT2D eigenvalue weighted by atomic mass is 10.1. The van der Waals surface area contributed by atoms with Crippen LogP contribution < -0.4 is 5.14 Å². The van der Waals surface area contributed by atoms with E-state index in [2.05, 4.69) is 0 Å². The molecule has 1 rings (SSSR count). The van der Waals surface area contributed by atoms with Crippen molar-refractivity contribution < 1.29 is 18.3 Å². The number of primary sulfonamides is 1. The topological polar surface area (TPSA) is 97.5 Å². The Labute approximate surface area is 87.6 Å². The molecule has 0 amide bonds. The van der Waals surface area contributed by atoms with Crippen LogP contribution in [-0.2, 0) is 10.0 Å². The van der Waals surface area contributed by atoms with Crippen LogP contribution in [0, 0.1) is 13.8 Å². The van der Waals surface area contributed by atoms with E-state index in [0.717, 1.165) is 0 Å². The lowest BCUT2D eigenvalue weighted by Crippen LogP contribution is -2.18. The summed E-state index contributed by atoms with van der Waals surface area (Å²) in [5.41, 5.74) is 0.766. The molecule has 0 bridgehead atoms. The highest BCUT2D eigenvalue weighted by Gasteiger charge is 2.22. The van der Waals surface area contributed by atoms with Crippen LogP contribution in [-0.4, -0.2) is 19.5 Å². The van der Waals surface area contributed by atoms with E-state index in [1.165, 1.54) is 13.0 Å². The maximum Gasteiger partial charge on any atom is 0.337 e. The molecule has 0 aliphatic heterocycles. The van der Waals surface area contributed by atoms with Gasteiger partial charge >= 0.3 is 5.97 Å². The molecule has 0 aromatic heterocycles. The second-order valence-electron chi connectivity index (χ2n) is 3.23. The summed E-state index contributed by atoms with van der Waals surface area (Å²) in [6.07, 6.45) is 0. The van der Waals surface area contributed by atoms with E-state index in [0.29, 0.717) is 11.1 Å². The number of benzene rings is 1. The van der Waals surface area contributed by atoms with E-state index < -0.39 is 16.0 Å². The molecule has 1 aromatic carbocycles. The Kier molecular flexibility index (Phi) is 2.83. The van der Waals surface area contributed by atoms with Gasteiger partial charge in [0.1, 0.15) is 0 Å². The smallest absolute Gasteiger partial charge is 0.337 e. The first-order valence-corrected chi connectivity index (χ1v) is 5.66. The zero-order valence-electron chi connectivity index (χ0n) is 8.31. The predicted molar refractivity (Wildman–Crippen MR) is 54.2 cm³/mol. The number of carboxylic acid groups (broad SMARTS) is 1. The highest BCUT2D eigenvalue weighted by Crippen LogP contribution is 2.22. The monoisotopic (exact) mass is 229 g/mol. The maximum atomic E-state index is 11.2. The standard InChI is InChI=1S/C9H11NO4S/c1-5-3-4-7(9(11)12)8(6(5)2)15(10,13)14/h3-4H,1-2H3,(H,11,12)(H2,10,13,14). The van der Waals surface area contributed by atoms with Crippen molar-refractivity contribution in [3.63, 3.8) is 0 Å². The van der Waals surface area contributed by atoms with Crippen molar-refractivity contribution in [3.8, 4) is 0 Å². The summed E-state index contributed by atoms with van der Waals surface area (Å²) in [6, 6.07) is 2.79. The molecule has 0 saturated carbocycles. The molecule has 0 atom stereocenters. The quantitative estimate of drug-likeness (QED) is 0.777. The van der Waals surface area contributed by atoms with Gasteiger partial charge in [0.25, 0.3) is 0 Å². The third kappa shape index (κ3) is 2.16. The Hall–Kier alpha value is -1.40. The van der Waals surface area contributed by atoms with Crippen molar-refractivity contribution in [2.24, 2.45) is 5.14 Å². The van der Waals surface area contributed by atoms with Crippen LogP contribution in [0.2, 0.25) is 0 Å². The third-order valence-corrected chi connectivity index (χ3v) is 3.29. The minimum Gasteiger partial charge on any atom is -0.478 e. The van der Waals surface area contributed by atoms with Crippen LogP contribution in [0.1, 0.15) is 21.5 Å². The van der Waals surface area contributed by atoms with Crippen LogP contribution in [0.4, 0.5) is 0 Å². The number of aryl methyl sites for hydroxylation is 1. The molecule has 0 aliphatic carbocycles. The Morgan fingerprint density at radius 1 is 1.33 bits per heavy atom. The Morgan fingerprint density at radius 3 is 2.27 bits per heavy atom. The highest BCUT2D eigenvalue weighted by molar-refractivity contribution is 7.89. The fraction of sp³-hybridized carbons (Fsp3) is 0.222. The zero-order valence-corrected chi connectivity index (χ0v) is 9.13. The molecule has 0 aliphatic rings. The van der Waals surface area contributed by atoms with Gasteiger partial charge in [0.15, 0.2) is 0 Å². The minimum atomic E-state index is -4.01. The van der Waals surface area contributed by atoms with Gasteiger partial charge in [-0.25, -0.2) is 18.4 Å². The number of hydrogen-bond acceptors (Lipinski definition) is 3. The van der Waals surface area contributed by atoms with Gasteiger partial charge in [-0.2, -0.15) is 0 Å². The molecular weight excluding hydrogens is 218 g/mol. The molecule has 1 aromatic rings. The number of hydrogen-bond donors (Lipinski definition) is 2. The van der Waals surface area contributed by atoms with E-state index in [4.69, 9.17) is 10.2 Å². The van der Waals surface area contributed by atoms with Crippen LogP contribution >= 0.6 is 0 Å². The van der Waals surface area contributed by atoms with E-state index in [1.54, 1.807) is 13.0 Å². The normalized spacial score (nSPS) is 11.4. The van der Waals surface area contributed by atoms with Gasteiger partial charge in [-0.15, -0.1) is 0 Å². The lowest BCUT2D eigenvalue weighted by Gasteiger charge is -2.09. The predicted octanol–water partition coefficient (Wildman–Crippen LogP) is 0.649. The number of carbonyl (C=O) groups is 1. The van der Waals surface area contributed by atoms with Crippen molar-refractivity contribution >= 4 is 16.0 Å². The molecule has 3 N–H and O–H groups in total. The number of aromatic carboxylic acids is 1. The van der Waals surface area contributed by atoms with Crippen molar-refractivity contribution in [3.05, 3.63) is 28.8 Å². The van der Waals surface area contributed by atoms with E-state index in [9.17, 15) is 13.2 Å². The van der Waals surface area contributed by atoms with Crippen molar-refractivity contribution in [1.29, 1.82) is 0 Å². The maximum absolute atomic E-state index is 11.2. The third-order valence-electron chi connectivity index (χ3n) is 2.19. The zero-order chi connectivity index (χ0) is 11.8. The molecule has 5 nitrogen and oxygen atoms in total. The first-order chi connectivity index (χ1) is 6.75. The summed E-state index contributed by atoms with van der Waals surface area (Å²) >= 11 is 0. The fourth-order valence-electron chi connectivity index (χ4n) is 1.33. The number of carboxylic acids is 1. The van der Waals surface area contributed by atoms with Crippen molar-refractivity contribution in [2.45, 2.75) is 18.7 Å². The first-order valence-electron chi connectivity index (χ1n) is 4.11. The average molecular weight is 229 g/mol. The second kappa shape index (κ2) is 3.63. The van der Waals surface area contributed by atoms with E-state index in [1.807, 2.05) is 0 Å². The first kappa shape index (κ1) is 11.7. The van der Waals surface area contributed by atoms with Crippen LogP contribution in [0.25, 0.3) is 0 Å². The summed E-state index contributed by atoms with van der Waals surface area (Å²) in [7, 11) is -4.01. The molecular formula is C9H11NO4S. The Bertz CT molecular complexity index is 519. The van der Waals surface area contributed by atoms with Gasteiger partial charge in [-0.3, -0.25) is 0 Å². The van der Waals surface area contributed by atoms with E-state index >= 15 is 0 Å². The summed E-state index contributed by atoms with van der Waals surface area (Å²) in [5.74, 6) is -1.30. The molecule has 0 heterocycles. The molecule has 82 valence electrons. The lowest BCUT2D eigenvalue weighted by molar-refractivity contribution is 0.0692. The summed E-state index contributed by atoms with van der Waals surface area (Å²) in [4.78, 5) is 10.5. The van der Waals surface area contributed by atoms with Crippen LogP contribution in [0.15, 0.2) is 17.0 Å². The summed E-state index contributed by atoms with van der Waals surface area (Å²) in [5, 5.41) is 13.8. The second-order valence-corrected chi connectivity index (χ2v) is 4.73. The SMILES string of the molecule is Cc1ccc(C(=O)O)c(S(N)(=O)=O)c1C. The molecule has 0 unspecified atom stereocenters. The number of sulfonamides is 1. The van der Waals surface area contributed by atoms with Crippen molar-refractivity contribution in [2.75, 3.05) is 0 Å². The Balaban J connectivity index is 3.72. The van der Waals surface area contributed by atoms with Gasteiger partial charge in [-0.1, -0.05) is 6.07 Å². The highest BCUT2D eigenvalue weighted by atomic mass is 32.2. The van der Waals surface area contributed by atoms with Crippen LogP contribution in [0.3, 0.4) is 0 Å². The minimum absolute atomic E-state index is 0.291.